The Morgan fingerprint density at radius 1 is 2.00 bits per heavy atom. The zero-order valence-corrected chi connectivity index (χ0v) is 4.00. The SMILES string of the molecule is CNC(N)S. The predicted molar refractivity (Wildman–Crippen MR) is 26.0 cm³/mol. The summed E-state index contributed by atoms with van der Waals surface area (Å²) < 4.78 is 0. The lowest BCUT2D eigenvalue weighted by Gasteiger charge is -1.95. The molecule has 0 amide bonds. The number of nitrogens with two attached hydrogens (primary N) is 1. The molecule has 0 heterocycles. The van der Waals surface area contributed by atoms with E-state index in [0.717, 1.165) is 0 Å². The molecule has 0 aliphatic carbocycles. The molecule has 5 heavy (non-hydrogen) atoms. The number of hydrogen-bond acceptors (Lipinski definition) is 3. The van der Waals surface area contributed by atoms with Crippen LogP contribution >= 0.6 is 12.6 Å². The lowest BCUT2D eigenvalue weighted by molar-refractivity contribution is 0.781. The van der Waals surface area contributed by atoms with Crippen molar-refractivity contribution in [3.63, 3.8) is 0 Å². The molecule has 1 atom stereocenters. The van der Waals surface area contributed by atoms with E-state index >= 15 is 0 Å². The van der Waals surface area contributed by atoms with E-state index in [-0.39, 0.29) is 5.50 Å². The topological polar surface area (TPSA) is 38.0 Å². The minimum atomic E-state index is -0.171. The molecule has 0 fully saturated rings. The summed E-state index contributed by atoms with van der Waals surface area (Å²) in [6.45, 7) is 0. The lowest BCUT2D eigenvalue weighted by atomic mass is 11.1. The first-order valence-corrected chi connectivity index (χ1v) is 1.90. The maximum atomic E-state index is 5.04. The summed E-state index contributed by atoms with van der Waals surface area (Å²) in [6, 6.07) is 0. The van der Waals surface area contributed by atoms with Gasteiger partial charge >= 0.3 is 0 Å². The largest absolute Gasteiger partial charge is 0.308 e. The van der Waals surface area contributed by atoms with Gasteiger partial charge < -0.3 is 5.73 Å². The molecule has 0 bridgehead atoms. The molecule has 3 heteroatoms. The Morgan fingerprint density at radius 2 is 2.20 bits per heavy atom. The first-order valence-electron chi connectivity index (χ1n) is 1.38. The molecule has 0 saturated carbocycles. The summed E-state index contributed by atoms with van der Waals surface area (Å²) in [5.74, 6) is 0. The van der Waals surface area contributed by atoms with Crippen molar-refractivity contribution in [1.29, 1.82) is 0 Å². The van der Waals surface area contributed by atoms with Crippen molar-refractivity contribution in [2.75, 3.05) is 7.05 Å². The molecule has 0 aliphatic rings. The molecule has 0 radical (unpaired) electrons. The van der Waals surface area contributed by atoms with Gasteiger partial charge in [-0.3, -0.25) is 5.32 Å². The van der Waals surface area contributed by atoms with Gasteiger partial charge in [0.2, 0.25) is 0 Å². The highest BCUT2D eigenvalue weighted by Gasteiger charge is 1.77. The van der Waals surface area contributed by atoms with Crippen molar-refractivity contribution >= 4 is 12.6 Å². The van der Waals surface area contributed by atoms with Gasteiger partial charge in [0.25, 0.3) is 0 Å². The molecular formula is C2H8N2S. The minimum Gasteiger partial charge on any atom is -0.308 e. The van der Waals surface area contributed by atoms with Crippen LogP contribution in [0, 0.1) is 0 Å². The molecule has 0 saturated heterocycles. The second kappa shape index (κ2) is 2.50. The maximum absolute atomic E-state index is 5.04. The monoisotopic (exact) mass is 92.0 g/mol. The van der Waals surface area contributed by atoms with E-state index in [0.29, 0.717) is 0 Å². The Kier molecular flexibility index (Phi) is 2.64. The van der Waals surface area contributed by atoms with E-state index in [1.165, 1.54) is 0 Å². The van der Waals surface area contributed by atoms with Crippen LogP contribution in [0.4, 0.5) is 0 Å². The Labute approximate surface area is 37.1 Å². The summed E-state index contributed by atoms with van der Waals surface area (Å²) in [7, 11) is 1.75. The van der Waals surface area contributed by atoms with Crippen molar-refractivity contribution in [2.45, 2.75) is 5.50 Å². The van der Waals surface area contributed by atoms with Gasteiger partial charge in [-0.2, -0.15) is 0 Å². The third-order valence-corrected chi connectivity index (χ3v) is 0.554. The van der Waals surface area contributed by atoms with E-state index in [1.54, 1.807) is 7.05 Å². The summed E-state index contributed by atoms with van der Waals surface area (Å²) >= 11 is 3.76. The second-order valence-electron chi connectivity index (χ2n) is 0.734. The molecule has 0 aromatic carbocycles. The normalized spacial score (nSPS) is 15.0. The number of thiol groups is 1. The van der Waals surface area contributed by atoms with Crippen LogP contribution in [0.25, 0.3) is 0 Å². The van der Waals surface area contributed by atoms with Crippen LogP contribution in [0.5, 0.6) is 0 Å². The third kappa shape index (κ3) is 4.27. The summed E-state index contributed by atoms with van der Waals surface area (Å²) in [5, 5.41) is 2.67. The van der Waals surface area contributed by atoms with E-state index in [4.69, 9.17) is 5.73 Å². The first kappa shape index (κ1) is 5.27. The van der Waals surface area contributed by atoms with Crippen LogP contribution in [0.15, 0.2) is 0 Å². The van der Waals surface area contributed by atoms with E-state index in [9.17, 15) is 0 Å². The van der Waals surface area contributed by atoms with Gasteiger partial charge in [0.15, 0.2) is 0 Å². The first-order chi connectivity index (χ1) is 2.27. The summed E-state index contributed by atoms with van der Waals surface area (Å²) in [6.07, 6.45) is 0. The van der Waals surface area contributed by atoms with Crippen LogP contribution < -0.4 is 11.1 Å². The van der Waals surface area contributed by atoms with Gasteiger partial charge in [-0.25, -0.2) is 0 Å². The Morgan fingerprint density at radius 3 is 2.20 bits per heavy atom. The molecule has 2 nitrogen and oxygen atoms in total. The smallest absolute Gasteiger partial charge is 0.0997 e. The molecule has 0 aliphatic heterocycles. The molecule has 0 aromatic rings. The van der Waals surface area contributed by atoms with Crippen molar-refractivity contribution in [3.05, 3.63) is 0 Å². The Balaban J connectivity index is 2.54. The number of hydrogen-bond donors (Lipinski definition) is 3. The molecule has 1 unspecified atom stereocenters. The highest BCUT2D eigenvalue weighted by molar-refractivity contribution is 7.80. The van der Waals surface area contributed by atoms with Crippen LogP contribution in [-0.2, 0) is 0 Å². The molecule has 0 rings (SSSR count). The second-order valence-corrected chi connectivity index (χ2v) is 1.29. The van der Waals surface area contributed by atoms with Gasteiger partial charge in [0.1, 0.15) is 0 Å². The van der Waals surface area contributed by atoms with Gasteiger partial charge in [0.05, 0.1) is 5.50 Å². The fourth-order valence-electron chi connectivity index (χ4n) is 0. The van der Waals surface area contributed by atoms with E-state index in [2.05, 4.69) is 17.9 Å². The lowest BCUT2D eigenvalue weighted by Crippen LogP contribution is -2.27. The van der Waals surface area contributed by atoms with Crippen LogP contribution in [0.1, 0.15) is 0 Å². The fraction of sp³-hybridized carbons (Fsp3) is 1.00. The zero-order chi connectivity index (χ0) is 4.28. The summed E-state index contributed by atoms with van der Waals surface area (Å²) in [5.41, 5.74) is 4.87. The number of nitrogens with one attached hydrogen (secondary N) is 1. The van der Waals surface area contributed by atoms with Gasteiger partial charge in [0, 0.05) is 0 Å². The number of rotatable bonds is 1. The average Bonchev–Trinajstić information content (AvgIpc) is 1.38. The van der Waals surface area contributed by atoms with Gasteiger partial charge in [-0.1, -0.05) is 0 Å². The molecule has 3 N–H and O–H groups in total. The van der Waals surface area contributed by atoms with Crippen molar-refractivity contribution in [2.24, 2.45) is 5.73 Å². The highest BCUT2D eigenvalue weighted by Crippen LogP contribution is 1.68. The van der Waals surface area contributed by atoms with E-state index < -0.39 is 0 Å². The van der Waals surface area contributed by atoms with Crippen LogP contribution in [-0.4, -0.2) is 12.5 Å². The zero-order valence-electron chi connectivity index (χ0n) is 3.10. The quantitative estimate of drug-likeness (QED) is 0.298. The highest BCUT2D eigenvalue weighted by atomic mass is 32.1. The van der Waals surface area contributed by atoms with Crippen LogP contribution in [0.2, 0.25) is 0 Å². The molecule has 0 spiro atoms. The molecule has 0 aromatic heterocycles. The minimum absolute atomic E-state index is 0.171. The molecule has 32 valence electrons. The van der Waals surface area contributed by atoms with Crippen molar-refractivity contribution in [1.82, 2.24) is 5.32 Å². The standard InChI is InChI=1S/C2H8N2S/c1-4-2(3)5/h2,4-5H,3H2,1H3. The van der Waals surface area contributed by atoms with Gasteiger partial charge in [-0.15, -0.1) is 12.6 Å². The third-order valence-electron chi connectivity index (χ3n) is 0.296. The van der Waals surface area contributed by atoms with Crippen molar-refractivity contribution < 1.29 is 0 Å². The van der Waals surface area contributed by atoms with Crippen molar-refractivity contribution in [3.8, 4) is 0 Å². The Bertz CT molecular complexity index is 21.6. The molecular weight excluding hydrogens is 84.1 g/mol. The maximum Gasteiger partial charge on any atom is 0.0997 e. The van der Waals surface area contributed by atoms with Gasteiger partial charge in [-0.05, 0) is 7.05 Å². The fourth-order valence-corrected chi connectivity index (χ4v) is 0. The summed E-state index contributed by atoms with van der Waals surface area (Å²) in [4.78, 5) is 0. The van der Waals surface area contributed by atoms with E-state index in [1.807, 2.05) is 0 Å². The van der Waals surface area contributed by atoms with Crippen LogP contribution in [0.3, 0.4) is 0 Å². The predicted octanol–water partition coefficient (Wildman–Crippen LogP) is -0.622. The Hall–Kier alpha value is 0.270. The average molecular weight is 92.2 g/mol.